The van der Waals surface area contributed by atoms with E-state index in [9.17, 15) is 0 Å². The molecule has 0 N–H and O–H groups in total. The molecular formula is C13H15NO. The maximum Gasteiger partial charge on any atom is 0.140 e. The molecule has 1 aromatic rings. The van der Waals surface area contributed by atoms with Gasteiger partial charge in [-0.25, -0.2) is 0 Å². The molecule has 0 aliphatic carbocycles. The Morgan fingerprint density at radius 1 is 1.40 bits per heavy atom. The van der Waals surface area contributed by atoms with Crippen LogP contribution in [0.2, 0.25) is 0 Å². The predicted octanol–water partition coefficient (Wildman–Crippen LogP) is 3.01. The van der Waals surface area contributed by atoms with E-state index in [1.807, 2.05) is 6.07 Å². The molecule has 2 nitrogen and oxygen atoms in total. The van der Waals surface area contributed by atoms with E-state index in [-0.39, 0.29) is 0 Å². The zero-order valence-electron chi connectivity index (χ0n) is 9.21. The van der Waals surface area contributed by atoms with Crippen LogP contribution in [0, 0.1) is 11.3 Å². The summed E-state index contributed by atoms with van der Waals surface area (Å²) in [6.45, 7) is 5.09. The molecule has 1 aliphatic heterocycles. The molecular weight excluding hydrogens is 186 g/mol. The van der Waals surface area contributed by atoms with Crippen molar-refractivity contribution in [2.45, 2.75) is 32.6 Å². The van der Waals surface area contributed by atoms with Crippen LogP contribution in [0.1, 0.15) is 42.9 Å². The first-order chi connectivity index (χ1) is 7.24. The molecule has 0 amide bonds. The third-order valence-electron chi connectivity index (χ3n) is 2.86. The predicted molar refractivity (Wildman–Crippen MR) is 59.1 cm³/mol. The summed E-state index contributed by atoms with van der Waals surface area (Å²) >= 11 is 0. The fourth-order valence-electron chi connectivity index (χ4n) is 2.12. The third-order valence-corrected chi connectivity index (χ3v) is 2.86. The molecule has 2 rings (SSSR count). The first-order valence-electron chi connectivity index (χ1n) is 5.42. The van der Waals surface area contributed by atoms with Gasteiger partial charge < -0.3 is 4.74 Å². The summed E-state index contributed by atoms with van der Waals surface area (Å²) in [6.07, 6.45) is 2.10. The lowest BCUT2D eigenvalue weighted by Gasteiger charge is -2.22. The monoisotopic (exact) mass is 201 g/mol. The largest absolute Gasteiger partial charge is 0.492 e. The topological polar surface area (TPSA) is 33.0 Å². The standard InChI is InChI=1S/C13H15NO/c1-9(2)11-6-5-10(8-14)13-12(11)4-3-7-15-13/h5-6,9H,3-4,7H2,1-2H3. The van der Waals surface area contributed by atoms with Crippen molar-refractivity contribution >= 4 is 0 Å². The molecule has 0 atom stereocenters. The first kappa shape index (κ1) is 10.0. The molecule has 0 fully saturated rings. The van der Waals surface area contributed by atoms with E-state index < -0.39 is 0 Å². The molecule has 0 bridgehead atoms. The van der Waals surface area contributed by atoms with Gasteiger partial charge in [0.05, 0.1) is 12.2 Å². The highest BCUT2D eigenvalue weighted by molar-refractivity contribution is 5.53. The Morgan fingerprint density at radius 2 is 2.20 bits per heavy atom. The van der Waals surface area contributed by atoms with Crippen molar-refractivity contribution in [1.29, 1.82) is 5.26 Å². The van der Waals surface area contributed by atoms with Crippen molar-refractivity contribution in [2.24, 2.45) is 0 Å². The average Bonchev–Trinajstić information content (AvgIpc) is 2.27. The van der Waals surface area contributed by atoms with Crippen molar-refractivity contribution in [3.8, 4) is 11.8 Å². The van der Waals surface area contributed by atoms with Crippen LogP contribution in [-0.2, 0) is 6.42 Å². The summed E-state index contributed by atoms with van der Waals surface area (Å²) in [5.74, 6) is 1.32. The molecule has 15 heavy (non-hydrogen) atoms. The van der Waals surface area contributed by atoms with Crippen molar-refractivity contribution in [1.82, 2.24) is 0 Å². The summed E-state index contributed by atoms with van der Waals surface area (Å²) in [4.78, 5) is 0. The van der Waals surface area contributed by atoms with Crippen molar-refractivity contribution in [2.75, 3.05) is 6.61 Å². The van der Waals surface area contributed by atoms with E-state index in [2.05, 4.69) is 26.0 Å². The molecule has 1 aromatic carbocycles. The maximum atomic E-state index is 8.99. The number of fused-ring (bicyclic) bond motifs is 1. The van der Waals surface area contributed by atoms with Crippen LogP contribution in [0.15, 0.2) is 12.1 Å². The molecule has 2 heteroatoms. The Balaban J connectivity index is 2.58. The maximum absolute atomic E-state index is 8.99. The highest BCUT2D eigenvalue weighted by Gasteiger charge is 2.19. The van der Waals surface area contributed by atoms with Gasteiger partial charge in [-0.1, -0.05) is 19.9 Å². The zero-order chi connectivity index (χ0) is 10.8. The second-order valence-electron chi connectivity index (χ2n) is 4.23. The molecule has 78 valence electrons. The highest BCUT2D eigenvalue weighted by atomic mass is 16.5. The second-order valence-corrected chi connectivity index (χ2v) is 4.23. The van der Waals surface area contributed by atoms with Crippen LogP contribution in [0.5, 0.6) is 5.75 Å². The first-order valence-corrected chi connectivity index (χ1v) is 5.42. The van der Waals surface area contributed by atoms with Crippen molar-refractivity contribution < 1.29 is 4.74 Å². The van der Waals surface area contributed by atoms with Crippen molar-refractivity contribution in [3.05, 3.63) is 28.8 Å². The molecule has 0 saturated carbocycles. The lowest BCUT2D eigenvalue weighted by Crippen LogP contribution is -2.12. The Morgan fingerprint density at radius 3 is 2.87 bits per heavy atom. The van der Waals surface area contributed by atoms with Gasteiger partial charge in [0, 0.05) is 0 Å². The fourth-order valence-corrected chi connectivity index (χ4v) is 2.12. The van der Waals surface area contributed by atoms with Gasteiger partial charge >= 0.3 is 0 Å². The van der Waals surface area contributed by atoms with Crippen LogP contribution in [-0.4, -0.2) is 6.61 Å². The summed E-state index contributed by atoms with van der Waals surface area (Å²) in [6, 6.07) is 6.14. The van der Waals surface area contributed by atoms with Crippen LogP contribution < -0.4 is 4.74 Å². The Kier molecular flexibility index (Phi) is 2.64. The normalized spacial score (nSPS) is 14.3. The quantitative estimate of drug-likeness (QED) is 0.699. The van der Waals surface area contributed by atoms with Gasteiger partial charge in [-0.3, -0.25) is 0 Å². The van der Waals surface area contributed by atoms with Gasteiger partial charge in [-0.15, -0.1) is 0 Å². The van der Waals surface area contributed by atoms with E-state index in [1.165, 1.54) is 11.1 Å². The van der Waals surface area contributed by atoms with E-state index >= 15 is 0 Å². The van der Waals surface area contributed by atoms with Crippen LogP contribution in [0.3, 0.4) is 0 Å². The van der Waals surface area contributed by atoms with Gasteiger partial charge in [0.1, 0.15) is 11.8 Å². The van der Waals surface area contributed by atoms with Crippen LogP contribution in [0.4, 0.5) is 0 Å². The molecule has 1 aliphatic rings. The zero-order valence-corrected chi connectivity index (χ0v) is 9.21. The molecule has 1 heterocycles. The van der Waals surface area contributed by atoms with Gasteiger partial charge in [-0.2, -0.15) is 5.26 Å². The minimum Gasteiger partial charge on any atom is -0.492 e. The summed E-state index contributed by atoms with van der Waals surface area (Å²) in [5, 5.41) is 8.99. The second kappa shape index (κ2) is 3.94. The summed E-state index contributed by atoms with van der Waals surface area (Å²) < 4.78 is 5.61. The highest BCUT2D eigenvalue weighted by Crippen LogP contribution is 2.34. The number of hydrogen-bond acceptors (Lipinski definition) is 2. The van der Waals surface area contributed by atoms with E-state index in [1.54, 1.807) is 0 Å². The van der Waals surface area contributed by atoms with Gasteiger partial charge in [0.2, 0.25) is 0 Å². The Labute approximate surface area is 90.5 Å². The molecule has 0 saturated heterocycles. The van der Waals surface area contributed by atoms with Gasteiger partial charge in [-0.05, 0) is 36.0 Å². The molecule has 0 radical (unpaired) electrons. The van der Waals surface area contributed by atoms with Gasteiger partial charge in [0.25, 0.3) is 0 Å². The number of nitrogens with zero attached hydrogens (tertiary/aromatic N) is 1. The van der Waals surface area contributed by atoms with E-state index in [0.717, 1.165) is 25.2 Å². The van der Waals surface area contributed by atoms with Crippen molar-refractivity contribution in [3.63, 3.8) is 0 Å². The Bertz CT molecular complexity index is 415. The number of hydrogen-bond donors (Lipinski definition) is 0. The minimum atomic E-state index is 0.494. The van der Waals surface area contributed by atoms with Crippen LogP contribution in [0.25, 0.3) is 0 Å². The minimum absolute atomic E-state index is 0.494. The van der Waals surface area contributed by atoms with E-state index in [4.69, 9.17) is 10.00 Å². The van der Waals surface area contributed by atoms with E-state index in [0.29, 0.717) is 11.5 Å². The average molecular weight is 201 g/mol. The Hall–Kier alpha value is -1.49. The smallest absolute Gasteiger partial charge is 0.140 e. The lowest BCUT2D eigenvalue weighted by atomic mass is 9.91. The number of benzene rings is 1. The number of ether oxygens (including phenoxy) is 1. The third kappa shape index (κ3) is 1.70. The molecule has 0 unspecified atom stereocenters. The van der Waals surface area contributed by atoms with Crippen LogP contribution >= 0.6 is 0 Å². The fraction of sp³-hybridized carbons (Fsp3) is 0.462. The number of nitriles is 1. The van der Waals surface area contributed by atoms with Gasteiger partial charge in [0.15, 0.2) is 0 Å². The molecule has 0 spiro atoms. The summed E-state index contributed by atoms with van der Waals surface area (Å²) in [5.41, 5.74) is 3.24. The molecule has 0 aromatic heterocycles. The number of rotatable bonds is 1. The lowest BCUT2D eigenvalue weighted by molar-refractivity contribution is 0.286. The summed E-state index contributed by atoms with van der Waals surface area (Å²) in [7, 11) is 0. The SMILES string of the molecule is CC(C)c1ccc(C#N)c2c1CCCO2.